The Morgan fingerprint density at radius 1 is 0.727 bits per heavy atom. The third-order valence-corrected chi connectivity index (χ3v) is 3.46. The fraction of sp³-hybridized carbons (Fsp3) is 0.0500. The maximum absolute atomic E-state index is 12.0. The van der Waals surface area contributed by atoms with Crippen LogP contribution in [0.15, 0.2) is 78.9 Å². The highest BCUT2D eigenvalue weighted by Crippen LogP contribution is 2.23. The van der Waals surface area contributed by atoms with Crippen molar-refractivity contribution in [3.8, 4) is 16.9 Å². The first-order valence-corrected chi connectivity index (χ1v) is 7.17. The first-order chi connectivity index (χ1) is 10.7. The highest BCUT2D eigenvalue weighted by molar-refractivity contribution is 5.91. The van der Waals surface area contributed by atoms with E-state index in [1.165, 1.54) is 5.56 Å². The number of rotatable bonds is 3. The molecule has 0 atom stereocenters. The third kappa shape index (κ3) is 3.23. The summed E-state index contributed by atoms with van der Waals surface area (Å²) >= 11 is 0. The Balaban J connectivity index is 1.74. The Hall–Kier alpha value is -2.87. The van der Waals surface area contributed by atoms with Crippen LogP contribution in [0.4, 0.5) is 0 Å². The van der Waals surface area contributed by atoms with Crippen LogP contribution in [-0.2, 0) is 0 Å². The molecule has 0 spiro atoms. The van der Waals surface area contributed by atoms with Gasteiger partial charge in [-0.2, -0.15) is 0 Å². The Bertz CT molecular complexity index is 757. The van der Waals surface area contributed by atoms with Crippen molar-refractivity contribution >= 4 is 5.97 Å². The monoisotopic (exact) mass is 288 g/mol. The van der Waals surface area contributed by atoms with Crippen LogP contribution in [0.2, 0.25) is 0 Å². The molecule has 0 saturated carbocycles. The van der Waals surface area contributed by atoms with E-state index in [4.69, 9.17) is 4.74 Å². The second-order valence-electron chi connectivity index (χ2n) is 5.15. The number of ether oxygens (including phenoxy) is 1. The summed E-state index contributed by atoms with van der Waals surface area (Å²) < 4.78 is 5.37. The second-order valence-corrected chi connectivity index (χ2v) is 5.15. The molecule has 0 radical (unpaired) electrons. The lowest BCUT2D eigenvalue weighted by Gasteiger charge is -2.06. The summed E-state index contributed by atoms with van der Waals surface area (Å²) in [5, 5.41) is 0. The molecule has 0 N–H and O–H groups in total. The molecule has 3 rings (SSSR count). The molecule has 0 aromatic heterocycles. The predicted octanol–water partition coefficient (Wildman–Crippen LogP) is 4.88. The molecular formula is C20H16O2. The van der Waals surface area contributed by atoms with Crippen molar-refractivity contribution in [1.82, 2.24) is 0 Å². The van der Waals surface area contributed by atoms with Gasteiger partial charge in [-0.1, -0.05) is 60.2 Å². The average molecular weight is 288 g/mol. The molecule has 0 aliphatic heterocycles. The van der Waals surface area contributed by atoms with Gasteiger partial charge in [-0.05, 0) is 42.3 Å². The SMILES string of the molecule is Cc1ccc(-c2ccc(OC(=O)c3ccccc3)cc2)cc1. The Morgan fingerprint density at radius 3 is 1.86 bits per heavy atom. The highest BCUT2D eigenvalue weighted by Gasteiger charge is 2.07. The summed E-state index contributed by atoms with van der Waals surface area (Å²) in [6, 6.07) is 24.9. The van der Waals surface area contributed by atoms with Crippen molar-refractivity contribution in [3.63, 3.8) is 0 Å². The van der Waals surface area contributed by atoms with E-state index >= 15 is 0 Å². The lowest BCUT2D eigenvalue weighted by atomic mass is 10.0. The zero-order chi connectivity index (χ0) is 15.4. The van der Waals surface area contributed by atoms with Crippen molar-refractivity contribution < 1.29 is 9.53 Å². The minimum Gasteiger partial charge on any atom is -0.423 e. The van der Waals surface area contributed by atoms with Crippen LogP contribution in [0.1, 0.15) is 15.9 Å². The number of esters is 1. The smallest absolute Gasteiger partial charge is 0.343 e. The van der Waals surface area contributed by atoms with E-state index in [0.29, 0.717) is 11.3 Å². The van der Waals surface area contributed by atoms with Gasteiger partial charge < -0.3 is 4.74 Å². The normalized spacial score (nSPS) is 10.2. The predicted molar refractivity (Wildman–Crippen MR) is 88.0 cm³/mol. The molecule has 0 fully saturated rings. The molecular weight excluding hydrogens is 272 g/mol. The average Bonchev–Trinajstić information content (AvgIpc) is 2.57. The van der Waals surface area contributed by atoms with Gasteiger partial charge in [-0.25, -0.2) is 4.79 Å². The van der Waals surface area contributed by atoms with Gasteiger partial charge in [0, 0.05) is 0 Å². The first-order valence-electron chi connectivity index (χ1n) is 7.17. The minimum atomic E-state index is -0.344. The number of hydrogen-bond acceptors (Lipinski definition) is 2. The third-order valence-electron chi connectivity index (χ3n) is 3.46. The molecule has 0 bridgehead atoms. The molecule has 108 valence electrons. The molecule has 0 unspecified atom stereocenters. The summed E-state index contributed by atoms with van der Waals surface area (Å²) in [5.74, 6) is 0.202. The van der Waals surface area contributed by atoms with E-state index < -0.39 is 0 Å². The van der Waals surface area contributed by atoms with Gasteiger partial charge in [0.1, 0.15) is 5.75 Å². The maximum atomic E-state index is 12.0. The van der Waals surface area contributed by atoms with Crippen molar-refractivity contribution in [2.24, 2.45) is 0 Å². The molecule has 0 heterocycles. The summed E-state index contributed by atoms with van der Waals surface area (Å²) in [4.78, 5) is 12.0. The zero-order valence-corrected chi connectivity index (χ0v) is 12.3. The largest absolute Gasteiger partial charge is 0.423 e. The van der Waals surface area contributed by atoms with E-state index in [-0.39, 0.29) is 5.97 Å². The van der Waals surface area contributed by atoms with Gasteiger partial charge in [0.2, 0.25) is 0 Å². The summed E-state index contributed by atoms with van der Waals surface area (Å²) in [7, 11) is 0. The van der Waals surface area contributed by atoms with Crippen LogP contribution >= 0.6 is 0 Å². The molecule has 22 heavy (non-hydrogen) atoms. The van der Waals surface area contributed by atoms with E-state index in [1.807, 2.05) is 42.5 Å². The van der Waals surface area contributed by atoms with Crippen LogP contribution in [0.5, 0.6) is 5.75 Å². The number of carbonyl (C=O) groups is 1. The van der Waals surface area contributed by atoms with Crippen molar-refractivity contribution in [3.05, 3.63) is 90.0 Å². The van der Waals surface area contributed by atoms with Gasteiger partial charge in [0.15, 0.2) is 0 Å². The lowest BCUT2D eigenvalue weighted by Crippen LogP contribution is -2.07. The molecule has 3 aromatic carbocycles. The van der Waals surface area contributed by atoms with Crippen LogP contribution in [-0.4, -0.2) is 5.97 Å². The van der Waals surface area contributed by atoms with E-state index in [9.17, 15) is 4.79 Å². The summed E-state index contributed by atoms with van der Waals surface area (Å²) in [6.45, 7) is 2.07. The van der Waals surface area contributed by atoms with Crippen LogP contribution in [0.25, 0.3) is 11.1 Å². The fourth-order valence-corrected chi connectivity index (χ4v) is 2.20. The minimum absolute atomic E-state index is 0.344. The van der Waals surface area contributed by atoms with Gasteiger partial charge in [0.05, 0.1) is 5.56 Å². The molecule has 0 aliphatic rings. The molecule has 3 aromatic rings. The topological polar surface area (TPSA) is 26.3 Å². The number of carbonyl (C=O) groups excluding carboxylic acids is 1. The zero-order valence-electron chi connectivity index (χ0n) is 12.3. The van der Waals surface area contributed by atoms with Crippen LogP contribution in [0, 0.1) is 6.92 Å². The van der Waals surface area contributed by atoms with Crippen LogP contribution in [0.3, 0.4) is 0 Å². The highest BCUT2D eigenvalue weighted by atomic mass is 16.5. The Kier molecular flexibility index (Phi) is 4.01. The molecule has 0 aliphatic carbocycles. The second kappa shape index (κ2) is 6.27. The first kappa shape index (κ1) is 14.1. The van der Waals surface area contributed by atoms with Gasteiger partial charge in [-0.15, -0.1) is 0 Å². The van der Waals surface area contributed by atoms with Gasteiger partial charge in [-0.3, -0.25) is 0 Å². The van der Waals surface area contributed by atoms with Gasteiger partial charge in [0.25, 0.3) is 0 Å². The van der Waals surface area contributed by atoms with Crippen molar-refractivity contribution in [2.75, 3.05) is 0 Å². The van der Waals surface area contributed by atoms with Gasteiger partial charge >= 0.3 is 5.97 Å². The van der Waals surface area contributed by atoms with Crippen molar-refractivity contribution in [2.45, 2.75) is 6.92 Å². The standard InChI is InChI=1S/C20H16O2/c1-15-7-9-16(10-8-15)17-11-13-19(14-12-17)22-20(21)18-5-3-2-4-6-18/h2-14H,1H3. The number of hydrogen-bond donors (Lipinski definition) is 0. The molecule has 0 amide bonds. The molecule has 2 nitrogen and oxygen atoms in total. The molecule has 0 saturated heterocycles. The maximum Gasteiger partial charge on any atom is 0.343 e. The number of aryl methyl sites for hydroxylation is 1. The summed E-state index contributed by atoms with van der Waals surface area (Å²) in [6.07, 6.45) is 0. The molecule has 2 heteroatoms. The van der Waals surface area contributed by atoms with E-state index in [2.05, 4.69) is 31.2 Å². The van der Waals surface area contributed by atoms with E-state index in [1.54, 1.807) is 12.1 Å². The number of benzene rings is 3. The Morgan fingerprint density at radius 2 is 1.27 bits per heavy atom. The fourth-order valence-electron chi connectivity index (χ4n) is 2.20. The van der Waals surface area contributed by atoms with E-state index in [0.717, 1.165) is 11.1 Å². The van der Waals surface area contributed by atoms with Crippen molar-refractivity contribution in [1.29, 1.82) is 0 Å². The quantitative estimate of drug-likeness (QED) is 0.507. The Labute approximate surface area is 130 Å². The lowest BCUT2D eigenvalue weighted by molar-refractivity contribution is 0.0735. The summed E-state index contributed by atoms with van der Waals surface area (Å²) in [5.41, 5.74) is 4.02. The van der Waals surface area contributed by atoms with Crippen LogP contribution < -0.4 is 4.74 Å².